The van der Waals surface area contributed by atoms with Gasteiger partial charge >= 0.3 is 0 Å². The predicted molar refractivity (Wildman–Crippen MR) is 67.6 cm³/mol. The van der Waals surface area contributed by atoms with E-state index in [0.717, 1.165) is 6.61 Å². The molecule has 2 nitrogen and oxygen atoms in total. The molecule has 2 aliphatic rings. The van der Waals surface area contributed by atoms with Gasteiger partial charge in [-0.1, -0.05) is 20.8 Å². The third kappa shape index (κ3) is 2.14. The average Bonchev–Trinajstić information content (AvgIpc) is 2.99. The smallest absolute Gasteiger partial charge is 0.0658 e. The van der Waals surface area contributed by atoms with E-state index in [9.17, 15) is 0 Å². The van der Waals surface area contributed by atoms with Crippen molar-refractivity contribution in [2.24, 2.45) is 10.8 Å². The Morgan fingerprint density at radius 3 is 2.44 bits per heavy atom. The molecule has 0 heterocycles. The molecule has 0 spiro atoms. The first-order valence-electron chi connectivity index (χ1n) is 6.89. The second kappa shape index (κ2) is 4.30. The van der Waals surface area contributed by atoms with Crippen LogP contribution in [-0.2, 0) is 4.74 Å². The first-order chi connectivity index (χ1) is 7.54. The summed E-state index contributed by atoms with van der Waals surface area (Å²) in [5.74, 6) is 0. The zero-order valence-corrected chi connectivity index (χ0v) is 11.3. The van der Waals surface area contributed by atoms with Gasteiger partial charge in [0.25, 0.3) is 0 Å². The van der Waals surface area contributed by atoms with E-state index in [4.69, 9.17) is 4.74 Å². The summed E-state index contributed by atoms with van der Waals surface area (Å²) in [6.07, 6.45) is 5.71. The second-order valence-electron chi connectivity index (χ2n) is 6.28. The second-order valence-corrected chi connectivity index (χ2v) is 6.28. The van der Waals surface area contributed by atoms with Gasteiger partial charge in [0.15, 0.2) is 0 Å². The van der Waals surface area contributed by atoms with Gasteiger partial charge in [0, 0.05) is 24.6 Å². The Bertz CT molecular complexity index is 249. The molecular formula is C14H27NO. The number of nitrogens with one attached hydrogen (secondary N) is 1. The molecule has 0 radical (unpaired) electrons. The lowest BCUT2D eigenvalue weighted by Gasteiger charge is -2.54. The van der Waals surface area contributed by atoms with Crippen molar-refractivity contribution in [1.82, 2.24) is 5.32 Å². The van der Waals surface area contributed by atoms with Crippen LogP contribution in [0.25, 0.3) is 0 Å². The molecule has 0 aromatic carbocycles. The molecule has 3 unspecified atom stereocenters. The van der Waals surface area contributed by atoms with E-state index in [2.05, 4.69) is 33.0 Å². The van der Waals surface area contributed by atoms with E-state index in [1.807, 2.05) is 0 Å². The Morgan fingerprint density at radius 1 is 1.25 bits per heavy atom. The fourth-order valence-corrected chi connectivity index (χ4v) is 2.83. The van der Waals surface area contributed by atoms with Crippen LogP contribution in [0.15, 0.2) is 0 Å². The normalized spacial score (nSPS) is 40.5. The molecular weight excluding hydrogens is 198 g/mol. The highest BCUT2D eigenvalue weighted by atomic mass is 16.5. The van der Waals surface area contributed by atoms with Crippen LogP contribution < -0.4 is 5.32 Å². The van der Waals surface area contributed by atoms with Crippen LogP contribution >= 0.6 is 0 Å². The zero-order chi connectivity index (χ0) is 11.8. The molecule has 94 valence electrons. The van der Waals surface area contributed by atoms with Crippen LogP contribution in [0.5, 0.6) is 0 Å². The molecule has 0 aromatic rings. The monoisotopic (exact) mass is 225 g/mol. The Hall–Kier alpha value is -0.0800. The Morgan fingerprint density at radius 2 is 1.94 bits per heavy atom. The van der Waals surface area contributed by atoms with Crippen LogP contribution in [-0.4, -0.2) is 25.3 Å². The quantitative estimate of drug-likeness (QED) is 0.750. The fraction of sp³-hybridized carbons (Fsp3) is 1.00. The molecule has 2 rings (SSSR count). The van der Waals surface area contributed by atoms with Crippen molar-refractivity contribution in [1.29, 1.82) is 0 Å². The number of hydrogen-bond acceptors (Lipinski definition) is 2. The van der Waals surface area contributed by atoms with E-state index in [-0.39, 0.29) is 0 Å². The molecule has 2 aliphatic carbocycles. The topological polar surface area (TPSA) is 21.3 Å². The van der Waals surface area contributed by atoms with Crippen molar-refractivity contribution in [2.75, 3.05) is 13.2 Å². The molecule has 2 saturated carbocycles. The van der Waals surface area contributed by atoms with E-state index >= 15 is 0 Å². The largest absolute Gasteiger partial charge is 0.378 e. The summed E-state index contributed by atoms with van der Waals surface area (Å²) in [6.45, 7) is 11.2. The minimum atomic E-state index is 0.362. The third-order valence-corrected chi connectivity index (χ3v) is 4.99. The maximum atomic E-state index is 5.82. The van der Waals surface area contributed by atoms with Crippen molar-refractivity contribution in [2.45, 2.75) is 65.5 Å². The van der Waals surface area contributed by atoms with Gasteiger partial charge in [-0.05, 0) is 38.0 Å². The summed E-state index contributed by atoms with van der Waals surface area (Å²) in [4.78, 5) is 0. The summed E-state index contributed by atoms with van der Waals surface area (Å²) >= 11 is 0. The van der Waals surface area contributed by atoms with Gasteiger partial charge in [0.1, 0.15) is 0 Å². The number of hydrogen-bond donors (Lipinski definition) is 1. The highest BCUT2D eigenvalue weighted by Crippen LogP contribution is 2.48. The highest BCUT2D eigenvalue weighted by molar-refractivity contribution is 5.06. The van der Waals surface area contributed by atoms with Crippen molar-refractivity contribution in [3.8, 4) is 0 Å². The molecule has 2 fully saturated rings. The van der Waals surface area contributed by atoms with Gasteiger partial charge in [-0.15, -0.1) is 0 Å². The molecule has 0 bridgehead atoms. The van der Waals surface area contributed by atoms with Crippen LogP contribution in [0, 0.1) is 10.8 Å². The molecule has 0 aromatic heterocycles. The van der Waals surface area contributed by atoms with E-state index in [0.29, 0.717) is 23.0 Å². The van der Waals surface area contributed by atoms with Gasteiger partial charge in [-0.3, -0.25) is 0 Å². The van der Waals surface area contributed by atoms with Gasteiger partial charge < -0.3 is 10.1 Å². The summed E-state index contributed by atoms with van der Waals surface area (Å²) < 4.78 is 5.82. The Balaban J connectivity index is 1.82. The van der Waals surface area contributed by atoms with Crippen molar-refractivity contribution < 1.29 is 4.74 Å². The SMILES string of the molecule is CCOC1CC(NCC2(C)CC2)C1(C)CC. The van der Waals surface area contributed by atoms with Gasteiger partial charge in [0.2, 0.25) is 0 Å². The van der Waals surface area contributed by atoms with Crippen LogP contribution in [0.1, 0.15) is 53.4 Å². The number of rotatable bonds is 6. The molecule has 2 heteroatoms. The van der Waals surface area contributed by atoms with Crippen molar-refractivity contribution >= 4 is 0 Å². The van der Waals surface area contributed by atoms with Crippen molar-refractivity contribution in [3.05, 3.63) is 0 Å². The minimum absolute atomic E-state index is 0.362. The molecule has 0 saturated heterocycles. The van der Waals surface area contributed by atoms with Gasteiger partial charge in [-0.25, -0.2) is 0 Å². The molecule has 1 N–H and O–H groups in total. The van der Waals surface area contributed by atoms with E-state index in [1.54, 1.807) is 0 Å². The summed E-state index contributed by atoms with van der Waals surface area (Å²) in [6, 6.07) is 0.673. The third-order valence-electron chi connectivity index (χ3n) is 4.99. The van der Waals surface area contributed by atoms with Gasteiger partial charge in [0.05, 0.1) is 6.10 Å². The molecule has 3 atom stereocenters. The minimum Gasteiger partial charge on any atom is -0.378 e. The zero-order valence-electron chi connectivity index (χ0n) is 11.3. The first kappa shape index (κ1) is 12.4. The summed E-state index contributed by atoms with van der Waals surface area (Å²) in [5, 5.41) is 3.77. The Labute approximate surface area is 100 Å². The van der Waals surface area contributed by atoms with E-state index < -0.39 is 0 Å². The summed E-state index contributed by atoms with van der Waals surface area (Å²) in [5.41, 5.74) is 0.979. The predicted octanol–water partition coefficient (Wildman–Crippen LogP) is 2.97. The first-order valence-corrected chi connectivity index (χ1v) is 6.89. The fourth-order valence-electron chi connectivity index (χ4n) is 2.83. The maximum Gasteiger partial charge on any atom is 0.0658 e. The maximum absolute atomic E-state index is 5.82. The van der Waals surface area contributed by atoms with Gasteiger partial charge in [-0.2, -0.15) is 0 Å². The molecule has 0 aliphatic heterocycles. The van der Waals surface area contributed by atoms with E-state index in [1.165, 1.54) is 32.2 Å². The lowest BCUT2D eigenvalue weighted by atomic mass is 9.61. The van der Waals surface area contributed by atoms with Crippen LogP contribution in [0.2, 0.25) is 0 Å². The Kier molecular flexibility index (Phi) is 3.33. The molecule has 16 heavy (non-hydrogen) atoms. The lowest BCUT2D eigenvalue weighted by Crippen LogP contribution is -2.62. The lowest BCUT2D eigenvalue weighted by molar-refractivity contribution is -0.126. The van der Waals surface area contributed by atoms with Crippen LogP contribution in [0.4, 0.5) is 0 Å². The average molecular weight is 225 g/mol. The molecule has 0 amide bonds. The highest BCUT2D eigenvalue weighted by Gasteiger charge is 2.51. The standard InChI is InChI=1S/C14H27NO/c1-5-14(4)11(9-12(14)16-6-2)15-10-13(3)7-8-13/h11-12,15H,5-10H2,1-4H3. The summed E-state index contributed by atoms with van der Waals surface area (Å²) in [7, 11) is 0. The van der Waals surface area contributed by atoms with Crippen molar-refractivity contribution in [3.63, 3.8) is 0 Å². The van der Waals surface area contributed by atoms with Crippen LogP contribution in [0.3, 0.4) is 0 Å². The number of ether oxygens (including phenoxy) is 1.